The molecule has 0 spiro atoms. The quantitative estimate of drug-likeness (QED) is 0.0392. The fourth-order valence-corrected chi connectivity index (χ4v) is 20.1. The number of esters is 6. The van der Waals surface area contributed by atoms with E-state index in [1.54, 1.807) is 107 Å². The molecule has 4 saturated carbocycles. The number of carbonyl (C=O) groups is 8. The third-order valence-corrected chi connectivity index (χ3v) is 26.3. The van der Waals surface area contributed by atoms with Gasteiger partial charge >= 0.3 is 35.8 Å². The number of hydrogen-bond acceptors (Lipinski definition) is 23. The topological polar surface area (TPSA) is 333 Å². The molecule has 6 aliphatic carbocycles. The van der Waals surface area contributed by atoms with E-state index in [-0.39, 0.29) is 60.0 Å². The number of hydrogen-bond donors (Lipinski definition) is 5. The molecule has 5 aromatic carbocycles. The summed E-state index contributed by atoms with van der Waals surface area (Å²) in [6.07, 6.45) is -13.6. The predicted octanol–water partition coefficient (Wildman–Crippen LogP) is 9.57. The van der Waals surface area contributed by atoms with Crippen LogP contribution in [0.15, 0.2) is 179 Å². The number of aliphatic hydroxyl groups is 5. The number of fused-ring (bicyclic) bond motifs is 10. The summed E-state index contributed by atoms with van der Waals surface area (Å²) in [5.74, 6) is -9.59. The van der Waals surface area contributed by atoms with E-state index in [1.165, 1.54) is 32.9 Å². The van der Waals surface area contributed by atoms with Crippen LogP contribution in [0.1, 0.15) is 165 Å². The van der Waals surface area contributed by atoms with E-state index >= 15 is 4.79 Å². The fraction of sp³-hybridized carbons (Fsp3) is 0.500. The van der Waals surface area contributed by atoms with Gasteiger partial charge in [-0.05, 0) is 103 Å². The first kappa shape index (κ1) is 78.1. The van der Waals surface area contributed by atoms with Crippen molar-refractivity contribution in [2.75, 3.05) is 13.2 Å². The first-order chi connectivity index (χ1) is 51.5. The molecule has 22 atom stereocenters. The van der Waals surface area contributed by atoms with Gasteiger partial charge < -0.3 is 68.2 Å². The van der Waals surface area contributed by atoms with Crippen LogP contribution in [0.25, 0.3) is 0 Å². The number of nitrogens with zero attached hydrogens (tertiary/aromatic N) is 1. The largest absolute Gasteiger partial charge is 0.459 e. The lowest BCUT2D eigenvalue weighted by Gasteiger charge is -2.68. The van der Waals surface area contributed by atoms with Crippen molar-refractivity contribution in [2.45, 2.75) is 211 Å². The van der Waals surface area contributed by atoms with Crippen molar-refractivity contribution in [3.63, 3.8) is 0 Å². The molecular formula is C86H97NO22. The van der Waals surface area contributed by atoms with Gasteiger partial charge in [0.05, 0.1) is 47.7 Å². The van der Waals surface area contributed by atoms with Crippen LogP contribution in [0.2, 0.25) is 0 Å². The maximum absolute atomic E-state index is 15.4. The van der Waals surface area contributed by atoms with Gasteiger partial charge in [-0.25, -0.2) is 24.2 Å². The maximum Gasteiger partial charge on any atom is 0.350 e. The molecule has 3 heterocycles. The summed E-state index contributed by atoms with van der Waals surface area (Å²) in [6.45, 7) is 21.2. The number of Topliss-reactive ketones (excluding diaryl/α,β-unsaturated/α-hetero) is 2. The van der Waals surface area contributed by atoms with Crippen LogP contribution in [0.5, 0.6) is 0 Å². The second-order valence-corrected chi connectivity index (χ2v) is 32.7. The second kappa shape index (κ2) is 28.7. The Morgan fingerprint density at radius 3 is 1.49 bits per heavy atom. The van der Waals surface area contributed by atoms with Gasteiger partial charge in [0.25, 0.3) is 0 Å². The van der Waals surface area contributed by atoms with Gasteiger partial charge in [-0.15, -0.1) is 0 Å². The molecule has 5 N–H and O–H groups in total. The monoisotopic (exact) mass is 1500 g/mol. The van der Waals surface area contributed by atoms with Crippen molar-refractivity contribution in [3.8, 4) is 0 Å². The Morgan fingerprint density at radius 1 is 0.560 bits per heavy atom. The SMILES string of the molecule is CC(=O)O[C@@]12CO[C@@H]1C[C@H](C)[C@@]1(C)C(=O)[C@H](C)C3=C(C)C(OC(=O)[C@@H]4OC(c5ccccc5)=N[C@H]4c4ccccc4)C[C@@](O)([C@@H](OC(=O)c4ccccc4)[C@H]21)C3(C)C.CC(=O)O[C@@]12CO[C@@H]1C[C@H](O)[C@@]1(C)C(=O)[C@H](O)C3=C(C)C(OC(=O)[C@H](O)[C@@H](C)c4ccccc4)C[C@@](O)([C@@H](OC(=O)c4ccccc4)[C@H]21)C3(C)C. The van der Waals surface area contributed by atoms with Gasteiger partial charge in [0.15, 0.2) is 23.1 Å². The summed E-state index contributed by atoms with van der Waals surface area (Å²) in [6, 6.07) is 43.2. The van der Waals surface area contributed by atoms with Crippen molar-refractivity contribution < 1.29 is 107 Å². The van der Waals surface area contributed by atoms with Gasteiger partial charge in [0, 0.05) is 66.8 Å². The normalized spacial score (nSPS) is 36.3. The number of aliphatic hydroxyl groups excluding tert-OH is 3. The van der Waals surface area contributed by atoms with Crippen molar-refractivity contribution >= 4 is 53.3 Å². The third kappa shape index (κ3) is 12.5. The molecule has 0 aromatic heterocycles. The zero-order chi connectivity index (χ0) is 78.6. The summed E-state index contributed by atoms with van der Waals surface area (Å²) >= 11 is 0. The van der Waals surface area contributed by atoms with Crippen LogP contribution in [0, 0.1) is 45.3 Å². The molecule has 578 valence electrons. The van der Waals surface area contributed by atoms with Crippen molar-refractivity contribution in [1.82, 2.24) is 0 Å². The van der Waals surface area contributed by atoms with Crippen molar-refractivity contribution in [1.29, 1.82) is 0 Å². The van der Waals surface area contributed by atoms with E-state index in [0.717, 1.165) is 5.56 Å². The van der Waals surface area contributed by atoms with Gasteiger partial charge in [0.1, 0.15) is 65.8 Å². The zero-order valence-electron chi connectivity index (χ0n) is 63.5. The molecule has 0 radical (unpaired) electrons. The van der Waals surface area contributed by atoms with E-state index in [0.29, 0.717) is 34.6 Å². The first-order valence-corrected chi connectivity index (χ1v) is 37.4. The predicted molar refractivity (Wildman–Crippen MR) is 392 cm³/mol. The Morgan fingerprint density at radius 2 is 1.00 bits per heavy atom. The van der Waals surface area contributed by atoms with E-state index in [4.69, 9.17) is 47.6 Å². The summed E-state index contributed by atoms with van der Waals surface area (Å²) in [4.78, 5) is 117. The molecular weight excluding hydrogens is 1400 g/mol. The summed E-state index contributed by atoms with van der Waals surface area (Å²) in [5, 5.41) is 61.9. The average molecular weight is 1500 g/mol. The Balaban J connectivity index is 0.000000194. The lowest BCUT2D eigenvalue weighted by atomic mass is 9.42. The van der Waals surface area contributed by atoms with Crippen LogP contribution < -0.4 is 0 Å². The average Bonchev–Trinajstić information content (AvgIpc) is 0.830. The highest BCUT2D eigenvalue weighted by Gasteiger charge is 2.80. The second-order valence-electron chi connectivity index (χ2n) is 32.7. The van der Waals surface area contributed by atoms with Gasteiger partial charge in [-0.1, -0.05) is 171 Å². The van der Waals surface area contributed by atoms with Crippen LogP contribution in [0.3, 0.4) is 0 Å². The standard InChI is InChI=1S/C47H51NO10.C39H46O12/c1-26-23-34-46(25-54-34,58-29(4)49)38-40(57-42(51)32-21-15-10-16-22-32)47(53)24-33(27(2)35(44(47,5)6)28(3)39(50)45(26,38)7)55-43(52)37-36(30-17-11-8-12-18-30)48-41(56-37)31-19-13-9-14-20-31;1-20(23-13-9-7-10-14-23)29(42)35(46)49-25-18-39(47)33(50-34(45)24-15-11-8-12-16-24)31-37(6,32(44)30(43)28(21(25)2)36(39,4)5)26(41)17-27-38(31,19-48-27)51-22(3)40/h8-22,26,28,33-34,36-38,40,53H,23-25H2,1-7H3;7-16,20,25-27,29-31,33,41-43,47H,17-19H2,1-6H3/t26-,28+,33?,34+,36-,37+,38-,40-,45+,46-,47+;20-,25?,26-,27+,29+,30+,31-,33-,37+,38-,39+/m00/s1. The smallest absolute Gasteiger partial charge is 0.350 e. The maximum atomic E-state index is 15.4. The number of aliphatic imine (C=N–C) groups is 1. The first-order valence-electron chi connectivity index (χ1n) is 37.4. The van der Waals surface area contributed by atoms with Gasteiger partial charge in [0.2, 0.25) is 12.0 Å². The lowest BCUT2D eigenvalue weighted by Crippen LogP contribution is -2.81. The minimum absolute atomic E-state index is 0.0193. The number of ketones is 2. The molecule has 109 heavy (non-hydrogen) atoms. The molecule has 9 aliphatic rings. The molecule has 3 aliphatic heterocycles. The van der Waals surface area contributed by atoms with Crippen molar-refractivity contribution in [3.05, 3.63) is 202 Å². The number of ether oxygens (including phenoxy) is 9. The number of rotatable bonds is 14. The van der Waals surface area contributed by atoms with Crippen LogP contribution in [-0.2, 0) is 71.4 Å². The Hall–Kier alpha value is -9.07. The highest BCUT2D eigenvalue weighted by atomic mass is 16.6. The fourth-order valence-electron chi connectivity index (χ4n) is 20.1. The molecule has 23 nitrogen and oxygen atoms in total. The molecule has 4 bridgehead atoms. The molecule has 2 saturated heterocycles. The van der Waals surface area contributed by atoms with Crippen molar-refractivity contribution in [2.24, 2.45) is 50.3 Å². The summed E-state index contributed by atoms with van der Waals surface area (Å²) in [7, 11) is 0. The molecule has 14 rings (SSSR count). The molecule has 5 aromatic rings. The van der Waals surface area contributed by atoms with E-state index in [1.807, 2.05) is 102 Å². The van der Waals surface area contributed by atoms with Gasteiger partial charge in [-0.3, -0.25) is 19.2 Å². The molecule has 2 unspecified atom stereocenters. The zero-order valence-corrected chi connectivity index (χ0v) is 63.5. The lowest BCUT2D eigenvalue weighted by molar-refractivity contribution is -0.346. The summed E-state index contributed by atoms with van der Waals surface area (Å²) < 4.78 is 55.7. The minimum atomic E-state index is -2.24. The minimum Gasteiger partial charge on any atom is -0.459 e. The van der Waals surface area contributed by atoms with Crippen LogP contribution in [-0.4, -0.2) is 175 Å². The summed E-state index contributed by atoms with van der Waals surface area (Å²) in [5.41, 5.74) is -9.27. The van der Waals surface area contributed by atoms with E-state index < -0.39 is 183 Å². The van der Waals surface area contributed by atoms with Crippen LogP contribution >= 0.6 is 0 Å². The Labute approximate surface area is 633 Å². The Kier molecular flexibility index (Phi) is 20.5. The van der Waals surface area contributed by atoms with E-state index in [2.05, 4.69) is 0 Å². The van der Waals surface area contributed by atoms with E-state index in [9.17, 15) is 59.1 Å². The molecule has 0 amide bonds. The highest BCUT2D eigenvalue weighted by molar-refractivity contribution is 5.99. The molecule has 6 fully saturated rings. The van der Waals surface area contributed by atoms with Crippen LogP contribution in [0.4, 0.5) is 0 Å². The van der Waals surface area contributed by atoms with Gasteiger partial charge in [-0.2, -0.15) is 0 Å². The third-order valence-electron chi connectivity index (χ3n) is 26.3. The highest BCUT2D eigenvalue weighted by Crippen LogP contribution is 2.68. The molecule has 23 heteroatoms. The Bertz CT molecular complexity index is 4490. The number of carbonyl (C=O) groups excluding carboxylic acids is 8. The number of benzene rings is 5.